The van der Waals surface area contributed by atoms with Crippen molar-refractivity contribution in [3.63, 3.8) is 0 Å². The van der Waals surface area contributed by atoms with Crippen molar-refractivity contribution in [2.45, 2.75) is 117 Å². The lowest BCUT2D eigenvalue weighted by atomic mass is 9.65. The number of anilines is 1. The van der Waals surface area contributed by atoms with E-state index >= 15 is 4.79 Å². The number of carbonyl (C=O) groups excluding carboxylic acids is 3. The summed E-state index contributed by atoms with van der Waals surface area (Å²) in [6, 6.07) is 5.70. The third kappa shape index (κ3) is 6.57. The van der Waals surface area contributed by atoms with Gasteiger partial charge < -0.3 is 29.3 Å². The smallest absolute Gasteiger partial charge is 0.249 e. The minimum Gasteiger partial charge on any atom is -0.494 e. The van der Waals surface area contributed by atoms with Gasteiger partial charge in [0.25, 0.3) is 0 Å². The van der Waals surface area contributed by atoms with E-state index in [1.165, 1.54) is 0 Å². The molecule has 1 spiro atoms. The Morgan fingerprint density at radius 2 is 1.71 bits per heavy atom. The molecule has 0 aliphatic carbocycles. The molecule has 4 rings (SSSR count). The zero-order chi connectivity index (χ0) is 35.8. The number of ether oxygens (including phenoxy) is 2. The molecule has 7 atom stereocenters. The highest BCUT2D eigenvalue weighted by atomic mass is 16.5. The Morgan fingerprint density at radius 1 is 1.08 bits per heavy atom. The van der Waals surface area contributed by atoms with Crippen LogP contribution in [-0.2, 0) is 19.1 Å². The zero-order valence-electron chi connectivity index (χ0n) is 30.8. The van der Waals surface area contributed by atoms with E-state index in [0.717, 1.165) is 0 Å². The number of fused-ring (bicyclic) bond motifs is 1. The standard InChI is InChI=1S/C39H59N3O6/c1-12-22-40(27-16-18-28(19-17-27)47-15-4)33(44)30-31-34(45)42(29(24-43)26(5)14-3)32(39(31)21-20-38(30,11)48-39)35(46)41(23-13-2)37(9,10)25-36(6,7)8/h12-13,16-19,26,29-32,43H,1-2,14-15,20-25H2,3-11H3/t26-,29-,30+,31-,32?,38-,39?/m0/s1. The molecule has 9 nitrogen and oxygen atoms in total. The molecule has 48 heavy (non-hydrogen) atoms. The third-order valence-electron chi connectivity index (χ3n) is 10.9. The van der Waals surface area contributed by atoms with Gasteiger partial charge in [0.15, 0.2) is 0 Å². The molecule has 0 radical (unpaired) electrons. The first-order valence-electron chi connectivity index (χ1n) is 17.7. The Hall–Kier alpha value is -3.17. The minimum absolute atomic E-state index is 0.0810. The van der Waals surface area contributed by atoms with E-state index < -0.39 is 40.7 Å². The van der Waals surface area contributed by atoms with Crippen LogP contribution in [-0.4, -0.2) is 87.8 Å². The number of hydrogen-bond acceptors (Lipinski definition) is 6. The van der Waals surface area contributed by atoms with Gasteiger partial charge in [0.2, 0.25) is 17.7 Å². The highest BCUT2D eigenvalue weighted by Crippen LogP contribution is 2.64. The summed E-state index contributed by atoms with van der Waals surface area (Å²) in [5, 5.41) is 10.8. The number of rotatable bonds is 15. The third-order valence-corrected chi connectivity index (χ3v) is 10.9. The van der Waals surface area contributed by atoms with Gasteiger partial charge in [-0.3, -0.25) is 14.4 Å². The molecule has 3 aliphatic rings. The topological polar surface area (TPSA) is 99.6 Å². The monoisotopic (exact) mass is 665 g/mol. The molecule has 2 unspecified atom stereocenters. The lowest BCUT2D eigenvalue weighted by Crippen LogP contribution is -2.63. The van der Waals surface area contributed by atoms with E-state index in [1.54, 1.807) is 22.0 Å². The predicted molar refractivity (Wildman–Crippen MR) is 190 cm³/mol. The summed E-state index contributed by atoms with van der Waals surface area (Å²) >= 11 is 0. The Kier molecular flexibility index (Phi) is 11.0. The van der Waals surface area contributed by atoms with Gasteiger partial charge in [-0.15, -0.1) is 13.2 Å². The number of likely N-dealkylation sites (tertiary alicyclic amines) is 1. The summed E-state index contributed by atoms with van der Waals surface area (Å²) in [4.78, 5) is 50.1. The Labute approximate surface area is 288 Å². The van der Waals surface area contributed by atoms with Crippen LogP contribution >= 0.6 is 0 Å². The van der Waals surface area contributed by atoms with Gasteiger partial charge in [0.1, 0.15) is 17.4 Å². The fourth-order valence-corrected chi connectivity index (χ4v) is 9.00. The first-order valence-corrected chi connectivity index (χ1v) is 17.7. The van der Waals surface area contributed by atoms with E-state index in [0.29, 0.717) is 50.3 Å². The van der Waals surface area contributed by atoms with Crippen molar-refractivity contribution < 1.29 is 29.0 Å². The fraction of sp³-hybridized carbons (Fsp3) is 0.667. The molecule has 1 N–H and O–H groups in total. The Morgan fingerprint density at radius 3 is 2.23 bits per heavy atom. The molecule has 266 valence electrons. The number of amides is 3. The van der Waals surface area contributed by atoms with Crippen molar-refractivity contribution in [1.82, 2.24) is 9.80 Å². The normalized spacial score (nSPS) is 27.8. The second-order valence-corrected chi connectivity index (χ2v) is 16.1. The van der Waals surface area contributed by atoms with Gasteiger partial charge in [-0.05, 0) is 82.6 Å². The van der Waals surface area contributed by atoms with E-state index in [-0.39, 0.29) is 42.2 Å². The molecule has 3 heterocycles. The number of hydrogen-bond donors (Lipinski definition) is 1. The van der Waals surface area contributed by atoms with Crippen LogP contribution in [0.4, 0.5) is 5.69 Å². The summed E-state index contributed by atoms with van der Waals surface area (Å²) in [6.45, 7) is 27.0. The summed E-state index contributed by atoms with van der Waals surface area (Å²) in [7, 11) is 0. The molecule has 9 heteroatoms. The highest BCUT2D eigenvalue weighted by Gasteiger charge is 2.79. The van der Waals surface area contributed by atoms with Crippen LogP contribution in [0.3, 0.4) is 0 Å². The number of aliphatic hydroxyl groups is 1. The Bertz CT molecular complexity index is 1370. The van der Waals surface area contributed by atoms with Gasteiger partial charge in [0.05, 0.1) is 36.7 Å². The van der Waals surface area contributed by atoms with E-state index in [2.05, 4.69) is 47.8 Å². The molecule has 0 aromatic heterocycles. The van der Waals surface area contributed by atoms with Crippen LogP contribution in [0.1, 0.15) is 88.0 Å². The van der Waals surface area contributed by atoms with Gasteiger partial charge >= 0.3 is 0 Å². The van der Waals surface area contributed by atoms with E-state index in [9.17, 15) is 14.7 Å². The number of benzene rings is 1. The van der Waals surface area contributed by atoms with Crippen LogP contribution < -0.4 is 9.64 Å². The summed E-state index contributed by atoms with van der Waals surface area (Å²) in [5.74, 6) is -1.89. The number of nitrogens with zero attached hydrogens (tertiary/aromatic N) is 3. The maximum Gasteiger partial charge on any atom is 0.249 e. The van der Waals surface area contributed by atoms with Gasteiger partial charge in [-0.1, -0.05) is 53.2 Å². The summed E-state index contributed by atoms with van der Waals surface area (Å²) in [5.41, 5.74) is -2.18. The average molecular weight is 666 g/mol. The van der Waals surface area contributed by atoms with Crippen molar-refractivity contribution in [3.8, 4) is 5.75 Å². The molecule has 1 aromatic rings. The van der Waals surface area contributed by atoms with Crippen LogP contribution in [0, 0.1) is 23.2 Å². The van der Waals surface area contributed by atoms with Gasteiger partial charge in [-0.2, -0.15) is 0 Å². The molecule has 3 fully saturated rings. The van der Waals surface area contributed by atoms with Crippen molar-refractivity contribution in [3.05, 3.63) is 49.6 Å². The minimum atomic E-state index is -1.22. The van der Waals surface area contributed by atoms with Crippen molar-refractivity contribution in [2.75, 3.05) is 31.2 Å². The second-order valence-electron chi connectivity index (χ2n) is 16.1. The first kappa shape index (κ1) is 37.6. The van der Waals surface area contributed by atoms with Crippen LogP contribution in [0.2, 0.25) is 0 Å². The van der Waals surface area contributed by atoms with Crippen molar-refractivity contribution >= 4 is 23.4 Å². The van der Waals surface area contributed by atoms with Crippen LogP contribution in [0.15, 0.2) is 49.6 Å². The molecule has 0 saturated carbocycles. The Balaban J connectivity index is 1.86. The molecule has 1 aromatic carbocycles. The molecule has 2 bridgehead atoms. The van der Waals surface area contributed by atoms with Gasteiger partial charge in [0, 0.05) is 24.3 Å². The van der Waals surface area contributed by atoms with Crippen molar-refractivity contribution in [1.29, 1.82) is 0 Å². The lowest BCUT2D eigenvalue weighted by Gasteiger charge is -2.47. The van der Waals surface area contributed by atoms with Crippen LogP contribution in [0.5, 0.6) is 5.75 Å². The maximum atomic E-state index is 15.2. The van der Waals surface area contributed by atoms with E-state index in [4.69, 9.17) is 9.47 Å². The predicted octanol–water partition coefficient (Wildman–Crippen LogP) is 6.01. The van der Waals surface area contributed by atoms with Crippen LogP contribution in [0.25, 0.3) is 0 Å². The molecule has 3 aliphatic heterocycles. The van der Waals surface area contributed by atoms with Gasteiger partial charge in [-0.25, -0.2) is 0 Å². The zero-order valence-corrected chi connectivity index (χ0v) is 30.8. The average Bonchev–Trinajstić information content (AvgIpc) is 3.58. The SMILES string of the molecule is C=CCN(C(=O)[C@H]1[C@H]2C(=O)N([C@@H](CO)[C@@H](C)CC)C(C(=O)N(CC=C)C(C)(C)CC(C)(C)C)C23CC[C@]1(C)O3)c1ccc(OCC)cc1. The quantitative estimate of drug-likeness (QED) is 0.231. The molecule has 3 saturated heterocycles. The molecular formula is C39H59N3O6. The van der Waals surface area contributed by atoms with Crippen molar-refractivity contribution in [2.24, 2.45) is 23.2 Å². The largest absolute Gasteiger partial charge is 0.494 e. The summed E-state index contributed by atoms with van der Waals surface area (Å²) < 4.78 is 12.6. The maximum absolute atomic E-state index is 15.2. The fourth-order valence-electron chi connectivity index (χ4n) is 9.00. The van der Waals surface area contributed by atoms with E-state index in [1.807, 2.05) is 56.9 Å². The molecule has 3 amide bonds. The summed E-state index contributed by atoms with van der Waals surface area (Å²) in [6.07, 6.45) is 5.79. The number of carbonyl (C=O) groups is 3. The first-order chi connectivity index (χ1) is 22.5. The second kappa shape index (κ2) is 14.0. The number of aliphatic hydroxyl groups excluding tert-OH is 1. The molecular weight excluding hydrogens is 606 g/mol. The lowest BCUT2D eigenvalue weighted by molar-refractivity contribution is -0.160. The highest BCUT2D eigenvalue weighted by molar-refractivity contribution is 6.03.